The van der Waals surface area contributed by atoms with Gasteiger partial charge in [0.15, 0.2) is 9.84 Å². The van der Waals surface area contributed by atoms with Gasteiger partial charge in [0.2, 0.25) is 5.91 Å². The lowest BCUT2D eigenvalue weighted by Crippen LogP contribution is -2.47. The molecule has 140 valence electrons. The molecule has 1 saturated carbocycles. The van der Waals surface area contributed by atoms with Crippen molar-refractivity contribution in [3.63, 3.8) is 0 Å². The first-order valence-corrected chi connectivity index (χ1v) is 12.5. The first kappa shape index (κ1) is 18.2. The van der Waals surface area contributed by atoms with E-state index in [1.54, 1.807) is 11.3 Å². The lowest BCUT2D eigenvalue weighted by molar-refractivity contribution is -0.132. The van der Waals surface area contributed by atoms with Crippen LogP contribution in [-0.4, -0.2) is 58.5 Å². The van der Waals surface area contributed by atoms with Crippen molar-refractivity contribution in [2.45, 2.75) is 49.2 Å². The molecule has 1 amide bonds. The second-order valence-electron chi connectivity index (χ2n) is 6.90. The number of nitrogens with zero attached hydrogens (tertiary/aromatic N) is 3. The molecule has 2 aromatic heterocycles. The Morgan fingerprint density at radius 2 is 2.04 bits per heavy atom. The maximum atomic E-state index is 13.0. The fourth-order valence-electron chi connectivity index (χ4n) is 3.97. The smallest absolute Gasteiger partial charge is 0.233 e. The third-order valence-electron chi connectivity index (χ3n) is 5.17. The number of carbonyl (C=O) groups excluding carboxylic acids is 1. The van der Waals surface area contributed by atoms with Crippen molar-refractivity contribution in [3.8, 4) is 0 Å². The number of carbonyl (C=O) groups is 1. The van der Waals surface area contributed by atoms with Crippen LogP contribution in [0.25, 0.3) is 10.2 Å². The molecule has 2 fully saturated rings. The third-order valence-corrected chi connectivity index (χ3v) is 8.73. The van der Waals surface area contributed by atoms with E-state index in [-0.39, 0.29) is 35.2 Å². The standard InChI is InChI=1S/C17H21N3O3S3/c21-15(9-25-17-14-5-7-24-16(14)18-11-19-17)20(12-3-1-2-4-12)13-6-8-26(22,23)10-13/h5,7,11-13H,1-4,6,8-10H2/t13-/m0/s1. The molecular weight excluding hydrogens is 390 g/mol. The van der Waals surface area contributed by atoms with Crippen LogP contribution in [0.5, 0.6) is 0 Å². The van der Waals surface area contributed by atoms with Gasteiger partial charge in [-0.25, -0.2) is 18.4 Å². The van der Waals surface area contributed by atoms with Crippen LogP contribution < -0.4 is 0 Å². The molecule has 0 aromatic carbocycles. The second-order valence-corrected chi connectivity index (χ2v) is 11.0. The lowest BCUT2D eigenvalue weighted by Gasteiger charge is -2.34. The predicted molar refractivity (Wildman–Crippen MR) is 104 cm³/mol. The highest BCUT2D eigenvalue weighted by molar-refractivity contribution is 8.00. The Balaban J connectivity index is 1.50. The van der Waals surface area contributed by atoms with E-state index < -0.39 is 9.84 Å². The fourth-order valence-corrected chi connectivity index (χ4v) is 7.33. The van der Waals surface area contributed by atoms with Crippen LogP contribution in [0, 0.1) is 0 Å². The SMILES string of the molecule is O=C(CSc1ncnc2sccc12)N(C1CCCC1)[C@H]1CCS(=O)(=O)C1. The average Bonchev–Trinajstić information content (AvgIpc) is 3.34. The zero-order chi connectivity index (χ0) is 18.1. The van der Waals surface area contributed by atoms with Crippen molar-refractivity contribution in [2.75, 3.05) is 17.3 Å². The van der Waals surface area contributed by atoms with Crippen molar-refractivity contribution >= 4 is 49.1 Å². The lowest BCUT2D eigenvalue weighted by atomic mass is 10.1. The maximum absolute atomic E-state index is 13.0. The Morgan fingerprint density at radius 3 is 2.77 bits per heavy atom. The minimum Gasteiger partial charge on any atom is -0.335 e. The van der Waals surface area contributed by atoms with Crippen molar-refractivity contribution in [1.82, 2.24) is 14.9 Å². The van der Waals surface area contributed by atoms with Crippen LogP contribution in [0.1, 0.15) is 32.1 Å². The number of thiophene rings is 1. The molecule has 6 nitrogen and oxygen atoms in total. The molecule has 0 N–H and O–H groups in total. The Kier molecular flexibility index (Phi) is 5.20. The van der Waals surface area contributed by atoms with E-state index in [1.807, 2.05) is 16.3 Å². The molecule has 0 radical (unpaired) electrons. The maximum Gasteiger partial charge on any atom is 0.233 e. The van der Waals surface area contributed by atoms with Gasteiger partial charge in [-0.2, -0.15) is 0 Å². The van der Waals surface area contributed by atoms with E-state index in [2.05, 4.69) is 9.97 Å². The summed E-state index contributed by atoms with van der Waals surface area (Å²) >= 11 is 2.98. The quantitative estimate of drug-likeness (QED) is 0.556. The molecule has 2 aromatic rings. The molecule has 1 saturated heterocycles. The highest BCUT2D eigenvalue weighted by Gasteiger charge is 2.38. The third kappa shape index (κ3) is 3.75. The molecule has 0 unspecified atom stereocenters. The van der Waals surface area contributed by atoms with Crippen molar-refractivity contribution in [2.24, 2.45) is 0 Å². The van der Waals surface area contributed by atoms with E-state index in [1.165, 1.54) is 18.1 Å². The zero-order valence-electron chi connectivity index (χ0n) is 14.3. The molecule has 0 spiro atoms. The number of sulfone groups is 1. The minimum atomic E-state index is -3.01. The Morgan fingerprint density at radius 1 is 1.23 bits per heavy atom. The molecule has 1 atom stereocenters. The Hall–Kier alpha value is -1.19. The fraction of sp³-hybridized carbons (Fsp3) is 0.588. The van der Waals surface area contributed by atoms with Gasteiger partial charge in [0.1, 0.15) is 16.2 Å². The largest absolute Gasteiger partial charge is 0.335 e. The summed E-state index contributed by atoms with van der Waals surface area (Å²) in [6.07, 6.45) is 6.29. The van der Waals surface area contributed by atoms with Crippen molar-refractivity contribution in [3.05, 3.63) is 17.8 Å². The van der Waals surface area contributed by atoms with Gasteiger partial charge in [-0.3, -0.25) is 4.79 Å². The molecular formula is C17H21N3O3S3. The first-order valence-electron chi connectivity index (χ1n) is 8.86. The number of hydrogen-bond donors (Lipinski definition) is 0. The van der Waals surface area contributed by atoms with Gasteiger partial charge in [-0.1, -0.05) is 24.6 Å². The number of aromatic nitrogens is 2. The van der Waals surface area contributed by atoms with Gasteiger partial charge in [0.25, 0.3) is 0 Å². The minimum absolute atomic E-state index is 0.0333. The summed E-state index contributed by atoms with van der Waals surface area (Å²) < 4.78 is 23.8. The average molecular weight is 412 g/mol. The van der Waals surface area contributed by atoms with Crippen LogP contribution in [0.3, 0.4) is 0 Å². The van der Waals surface area contributed by atoms with Crippen LogP contribution in [0.2, 0.25) is 0 Å². The molecule has 1 aliphatic carbocycles. The van der Waals surface area contributed by atoms with Crippen LogP contribution >= 0.6 is 23.1 Å². The summed E-state index contributed by atoms with van der Waals surface area (Å²) in [5, 5.41) is 3.76. The molecule has 0 bridgehead atoms. The van der Waals surface area contributed by atoms with Gasteiger partial charge >= 0.3 is 0 Å². The van der Waals surface area contributed by atoms with Crippen LogP contribution in [0.15, 0.2) is 22.8 Å². The van der Waals surface area contributed by atoms with E-state index in [9.17, 15) is 13.2 Å². The van der Waals surface area contributed by atoms with Crippen molar-refractivity contribution in [1.29, 1.82) is 0 Å². The topological polar surface area (TPSA) is 80.2 Å². The molecule has 1 aliphatic heterocycles. The number of fused-ring (bicyclic) bond motifs is 1. The molecule has 9 heteroatoms. The van der Waals surface area contributed by atoms with Gasteiger partial charge < -0.3 is 4.90 Å². The normalized spacial score (nSPS) is 22.8. The summed E-state index contributed by atoms with van der Waals surface area (Å²) in [6.45, 7) is 0. The summed E-state index contributed by atoms with van der Waals surface area (Å²) in [4.78, 5) is 24.4. The van der Waals surface area contributed by atoms with Crippen molar-refractivity contribution < 1.29 is 13.2 Å². The first-order chi connectivity index (χ1) is 12.5. The molecule has 4 rings (SSSR count). The van der Waals surface area contributed by atoms with Gasteiger partial charge in [0, 0.05) is 17.5 Å². The summed E-state index contributed by atoms with van der Waals surface area (Å²) in [7, 11) is -3.01. The van der Waals surface area contributed by atoms with Gasteiger partial charge in [-0.05, 0) is 30.7 Å². The predicted octanol–water partition coefficient (Wildman–Crippen LogP) is 2.74. The summed E-state index contributed by atoms with van der Waals surface area (Å²) in [6, 6.07) is 2.00. The monoisotopic (exact) mass is 411 g/mol. The highest BCUT2D eigenvalue weighted by atomic mass is 32.2. The molecule has 3 heterocycles. The number of amides is 1. The number of thioether (sulfide) groups is 1. The van der Waals surface area contributed by atoms with E-state index in [0.29, 0.717) is 6.42 Å². The van der Waals surface area contributed by atoms with E-state index >= 15 is 0 Å². The van der Waals surface area contributed by atoms with Gasteiger partial charge in [0.05, 0.1) is 17.3 Å². The number of rotatable bonds is 5. The number of hydrogen-bond acceptors (Lipinski definition) is 7. The van der Waals surface area contributed by atoms with E-state index in [4.69, 9.17) is 0 Å². The second kappa shape index (κ2) is 7.44. The summed E-state index contributed by atoms with van der Waals surface area (Å²) in [5.41, 5.74) is 0. The highest BCUT2D eigenvalue weighted by Crippen LogP contribution is 2.32. The Labute approximate surface area is 161 Å². The van der Waals surface area contributed by atoms with E-state index in [0.717, 1.165) is 40.9 Å². The van der Waals surface area contributed by atoms with Crippen LogP contribution in [0.4, 0.5) is 0 Å². The summed E-state index contributed by atoms with van der Waals surface area (Å²) in [5.74, 6) is 0.630. The van der Waals surface area contributed by atoms with Gasteiger partial charge in [-0.15, -0.1) is 11.3 Å². The van der Waals surface area contributed by atoms with Crippen LogP contribution in [-0.2, 0) is 14.6 Å². The Bertz CT molecular complexity index is 906. The molecule has 2 aliphatic rings. The molecule has 26 heavy (non-hydrogen) atoms. The zero-order valence-corrected chi connectivity index (χ0v) is 16.8.